The van der Waals surface area contributed by atoms with Crippen molar-refractivity contribution in [3.8, 4) is 0 Å². The maximum atomic E-state index is 12.2. The molecule has 6 nitrogen and oxygen atoms in total. The predicted molar refractivity (Wildman–Crippen MR) is 96.6 cm³/mol. The summed E-state index contributed by atoms with van der Waals surface area (Å²) >= 11 is 0. The van der Waals surface area contributed by atoms with Crippen molar-refractivity contribution in [1.29, 1.82) is 0 Å². The van der Waals surface area contributed by atoms with Crippen LogP contribution in [0, 0.1) is 0 Å². The van der Waals surface area contributed by atoms with Gasteiger partial charge in [-0.1, -0.05) is 11.6 Å². The number of carbonyl (C=O) groups excluding carboxylic acids is 2. The topological polar surface area (TPSA) is 80.3 Å². The van der Waals surface area contributed by atoms with Crippen molar-refractivity contribution in [3.63, 3.8) is 0 Å². The Kier molecular flexibility index (Phi) is 8.12. The molecular weight excluding hydrogens is 318 g/mol. The highest BCUT2D eigenvalue weighted by atomic mass is 16.5. The van der Waals surface area contributed by atoms with Crippen molar-refractivity contribution < 1.29 is 14.3 Å². The lowest BCUT2D eigenvalue weighted by Crippen LogP contribution is -2.28. The highest BCUT2D eigenvalue weighted by molar-refractivity contribution is 5.98. The first-order valence-corrected chi connectivity index (χ1v) is 8.90. The fraction of sp³-hybridized carbons (Fsp3) is 0.526. The molecule has 6 heteroatoms. The SMILES string of the molecule is COCCCNC(=O)c1ccnc(C(=O)NCCC2=CCCCC2)c1. The van der Waals surface area contributed by atoms with E-state index in [2.05, 4.69) is 21.7 Å². The van der Waals surface area contributed by atoms with Crippen LogP contribution in [0.2, 0.25) is 0 Å². The summed E-state index contributed by atoms with van der Waals surface area (Å²) in [7, 11) is 1.63. The van der Waals surface area contributed by atoms with E-state index in [4.69, 9.17) is 4.74 Å². The highest BCUT2D eigenvalue weighted by Gasteiger charge is 2.12. The van der Waals surface area contributed by atoms with Crippen LogP contribution in [0.3, 0.4) is 0 Å². The van der Waals surface area contributed by atoms with E-state index in [0.717, 1.165) is 25.7 Å². The molecule has 2 amide bonds. The van der Waals surface area contributed by atoms with Crippen LogP contribution in [0.25, 0.3) is 0 Å². The zero-order valence-corrected chi connectivity index (χ0v) is 14.8. The molecule has 136 valence electrons. The van der Waals surface area contributed by atoms with Crippen LogP contribution in [0.15, 0.2) is 30.0 Å². The zero-order chi connectivity index (χ0) is 17.9. The number of rotatable bonds is 9. The summed E-state index contributed by atoms with van der Waals surface area (Å²) in [4.78, 5) is 28.4. The number of allylic oxidation sites excluding steroid dienone is 1. The number of hydrogen-bond acceptors (Lipinski definition) is 4. The summed E-state index contributed by atoms with van der Waals surface area (Å²) in [5, 5.41) is 5.68. The van der Waals surface area contributed by atoms with Gasteiger partial charge in [0.15, 0.2) is 0 Å². The van der Waals surface area contributed by atoms with Gasteiger partial charge >= 0.3 is 0 Å². The molecule has 0 aliphatic heterocycles. The summed E-state index contributed by atoms with van der Waals surface area (Å²) < 4.78 is 4.94. The Balaban J connectivity index is 1.81. The van der Waals surface area contributed by atoms with Crippen molar-refractivity contribution in [3.05, 3.63) is 41.2 Å². The first-order chi connectivity index (χ1) is 12.2. The van der Waals surface area contributed by atoms with Gasteiger partial charge in [-0.25, -0.2) is 0 Å². The largest absolute Gasteiger partial charge is 0.385 e. The van der Waals surface area contributed by atoms with E-state index in [-0.39, 0.29) is 17.5 Å². The molecular formula is C19H27N3O3. The van der Waals surface area contributed by atoms with E-state index in [9.17, 15) is 9.59 Å². The molecule has 1 aliphatic rings. The van der Waals surface area contributed by atoms with Crippen molar-refractivity contribution >= 4 is 11.8 Å². The van der Waals surface area contributed by atoms with E-state index < -0.39 is 0 Å². The molecule has 2 rings (SSSR count). The summed E-state index contributed by atoms with van der Waals surface area (Å²) in [6.07, 6.45) is 10.2. The molecule has 1 aliphatic carbocycles. The third-order valence-corrected chi connectivity index (χ3v) is 4.18. The Morgan fingerprint density at radius 1 is 1.20 bits per heavy atom. The fourth-order valence-electron chi connectivity index (χ4n) is 2.78. The van der Waals surface area contributed by atoms with Crippen LogP contribution in [0.4, 0.5) is 0 Å². The molecule has 0 bridgehead atoms. The van der Waals surface area contributed by atoms with Gasteiger partial charge in [0.05, 0.1) is 0 Å². The van der Waals surface area contributed by atoms with Gasteiger partial charge in [0.25, 0.3) is 11.8 Å². The molecule has 2 N–H and O–H groups in total. The predicted octanol–water partition coefficient (Wildman–Crippen LogP) is 2.47. The second-order valence-corrected chi connectivity index (χ2v) is 6.15. The molecule has 0 spiro atoms. The second kappa shape index (κ2) is 10.6. The van der Waals surface area contributed by atoms with Crippen molar-refractivity contribution in [2.75, 3.05) is 26.8 Å². The quantitative estimate of drug-likeness (QED) is 0.532. The number of amides is 2. The van der Waals surface area contributed by atoms with E-state index >= 15 is 0 Å². The van der Waals surface area contributed by atoms with Gasteiger partial charge in [-0.3, -0.25) is 14.6 Å². The van der Waals surface area contributed by atoms with Gasteiger partial charge in [-0.2, -0.15) is 0 Å². The molecule has 0 unspecified atom stereocenters. The van der Waals surface area contributed by atoms with Crippen LogP contribution in [-0.4, -0.2) is 43.6 Å². The van der Waals surface area contributed by atoms with Gasteiger partial charge < -0.3 is 15.4 Å². The van der Waals surface area contributed by atoms with Crippen LogP contribution in [0.1, 0.15) is 59.4 Å². The van der Waals surface area contributed by atoms with Gasteiger partial charge in [-0.05, 0) is 50.7 Å². The number of hydrogen-bond donors (Lipinski definition) is 2. The summed E-state index contributed by atoms with van der Waals surface area (Å²) in [6.45, 7) is 1.73. The number of nitrogens with zero attached hydrogens (tertiary/aromatic N) is 1. The Hall–Kier alpha value is -2.21. The summed E-state index contributed by atoms with van der Waals surface area (Å²) in [5.74, 6) is -0.453. The zero-order valence-electron chi connectivity index (χ0n) is 14.8. The lowest BCUT2D eigenvalue weighted by molar-refractivity contribution is 0.0948. The number of aromatic nitrogens is 1. The Morgan fingerprint density at radius 3 is 2.80 bits per heavy atom. The first-order valence-electron chi connectivity index (χ1n) is 8.90. The molecule has 0 radical (unpaired) electrons. The molecule has 1 aromatic rings. The monoisotopic (exact) mass is 345 g/mol. The average molecular weight is 345 g/mol. The third kappa shape index (κ3) is 6.66. The molecule has 0 fully saturated rings. The fourth-order valence-corrected chi connectivity index (χ4v) is 2.78. The molecule has 0 aromatic carbocycles. The van der Waals surface area contributed by atoms with E-state index in [1.807, 2.05) is 0 Å². The summed E-state index contributed by atoms with van der Waals surface area (Å²) in [6, 6.07) is 3.14. The molecule has 0 atom stereocenters. The van der Waals surface area contributed by atoms with Gasteiger partial charge in [0.2, 0.25) is 0 Å². The molecule has 0 saturated heterocycles. The van der Waals surface area contributed by atoms with Crippen molar-refractivity contribution in [2.45, 2.75) is 38.5 Å². The van der Waals surface area contributed by atoms with Crippen LogP contribution in [0.5, 0.6) is 0 Å². The number of methoxy groups -OCH3 is 1. The number of nitrogens with one attached hydrogen (secondary N) is 2. The molecule has 25 heavy (non-hydrogen) atoms. The maximum absolute atomic E-state index is 12.2. The van der Waals surface area contributed by atoms with Crippen molar-refractivity contribution in [1.82, 2.24) is 15.6 Å². The smallest absolute Gasteiger partial charge is 0.269 e. The number of ether oxygens (including phenoxy) is 1. The Labute approximate surface area is 149 Å². The minimum atomic E-state index is -0.245. The number of pyridine rings is 1. The minimum absolute atomic E-state index is 0.208. The average Bonchev–Trinajstić information content (AvgIpc) is 2.66. The minimum Gasteiger partial charge on any atom is -0.385 e. The molecule has 1 aromatic heterocycles. The van der Waals surface area contributed by atoms with E-state index in [0.29, 0.717) is 25.3 Å². The molecule has 1 heterocycles. The van der Waals surface area contributed by atoms with Gasteiger partial charge in [0.1, 0.15) is 5.69 Å². The second-order valence-electron chi connectivity index (χ2n) is 6.15. The normalized spacial score (nSPS) is 13.9. The van der Waals surface area contributed by atoms with Crippen molar-refractivity contribution in [2.24, 2.45) is 0 Å². The number of carbonyl (C=O) groups is 2. The first kappa shape index (κ1) is 19.1. The highest BCUT2D eigenvalue weighted by Crippen LogP contribution is 2.19. The van der Waals surface area contributed by atoms with Crippen LogP contribution >= 0.6 is 0 Å². The van der Waals surface area contributed by atoms with Crippen LogP contribution < -0.4 is 10.6 Å². The Bertz CT molecular complexity index is 614. The van der Waals surface area contributed by atoms with E-state index in [1.165, 1.54) is 30.7 Å². The Morgan fingerprint density at radius 2 is 2.04 bits per heavy atom. The van der Waals surface area contributed by atoms with E-state index in [1.54, 1.807) is 13.2 Å². The summed E-state index contributed by atoms with van der Waals surface area (Å²) in [5.41, 5.74) is 2.12. The third-order valence-electron chi connectivity index (χ3n) is 4.18. The van der Waals surface area contributed by atoms with Gasteiger partial charge in [0, 0.05) is 38.6 Å². The van der Waals surface area contributed by atoms with Gasteiger partial charge in [-0.15, -0.1) is 0 Å². The standard InChI is InChI=1S/C19H27N3O3/c1-25-13-5-10-21-18(23)16-9-12-20-17(14-16)19(24)22-11-8-15-6-3-2-4-7-15/h6,9,12,14H,2-5,7-8,10-11,13H2,1H3,(H,21,23)(H,22,24). The van der Waals surface area contributed by atoms with Crippen LogP contribution in [-0.2, 0) is 4.74 Å². The lowest BCUT2D eigenvalue weighted by atomic mass is 9.97. The molecule has 0 saturated carbocycles. The maximum Gasteiger partial charge on any atom is 0.269 e. The lowest BCUT2D eigenvalue weighted by Gasteiger charge is -2.13.